The first kappa shape index (κ1) is 8.39. The van der Waals surface area contributed by atoms with E-state index in [0.717, 1.165) is 0 Å². The van der Waals surface area contributed by atoms with Gasteiger partial charge in [-0.2, -0.15) is 0 Å². The van der Waals surface area contributed by atoms with Crippen molar-refractivity contribution in [1.29, 1.82) is 0 Å². The van der Waals surface area contributed by atoms with Crippen molar-refractivity contribution < 1.29 is 7.48 Å². The summed E-state index contributed by atoms with van der Waals surface area (Å²) in [4.78, 5) is 10.7. The van der Waals surface area contributed by atoms with Crippen molar-refractivity contribution in [2.45, 2.75) is 20.8 Å². The van der Waals surface area contributed by atoms with Crippen LogP contribution in [0.1, 0.15) is 20.8 Å². The molecule has 0 unspecified atom stereocenters. The van der Waals surface area contributed by atoms with E-state index in [4.69, 9.17) is 0 Å². The first-order valence-corrected chi connectivity index (χ1v) is 4.23. The minimum absolute atomic E-state index is 0.0949. The van der Waals surface area contributed by atoms with Crippen molar-refractivity contribution in [3.8, 4) is 0 Å². The minimum atomic E-state index is -0.311. The van der Waals surface area contributed by atoms with Gasteiger partial charge in [-0.1, -0.05) is 0 Å². The maximum absolute atomic E-state index is 10.7. The van der Waals surface area contributed by atoms with Gasteiger partial charge in [-0.15, -0.1) is 0 Å². The van der Waals surface area contributed by atoms with Gasteiger partial charge in [-0.25, -0.2) is 0 Å². The van der Waals surface area contributed by atoms with Crippen molar-refractivity contribution in [3.63, 3.8) is 0 Å². The van der Waals surface area contributed by atoms with Crippen LogP contribution in [-0.4, -0.2) is 32.2 Å². The molecule has 0 saturated carbocycles. The van der Waals surface area contributed by atoms with Crippen LogP contribution in [0.3, 0.4) is 0 Å². The van der Waals surface area contributed by atoms with E-state index in [1.54, 1.807) is 0 Å². The first-order chi connectivity index (χ1) is 3.48. The van der Waals surface area contributed by atoms with Crippen LogP contribution in [0.15, 0.2) is 0 Å². The van der Waals surface area contributed by atoms with Gasteiger partial charge in [-0.3, -0.25) is 0 Å². The van der Waals surface area contributed by atoms with Crippen LogP contribution in [-0.2, 0) is 7.48 Å². The monoisotopic (exact) mass is 306 g/mol. The van der Waals surface area contributed by atoms with Gasteiger partial charge in [0.25, 0.3) is 0 Å². The third kappa shape index (κ3) is 2.64. The Morgan fingerprint density at radius 1 is 1.50 bits per heavy atom. The van der Waals surface area contributed by atoms with Crippen molar-refractivity contribution in [3.05, 3.63) is 0 Å². The quantitative estimate of drug-likeness (QED) is 0.615. The number of carbonyl (C=O) groups excluding carboxylic acids is 1. The van der Waals surface area contributed by atoms with Gasteiger partial charge in [0.05, 0.1) is 0 Å². The molecule has 0 rings (SSSR count). The fourth-order valence-corrected chi connectivity index (χ4v) is 1.55. The molecule has 44 valence electrons. The van der Waals surface area contributed by atoms with Gasteiger partial charge in [0.2, 0.25) is 0 Å². The van der Waals surface area contributed by atoms with E-state index in [0.29, 0.717) is 26.2 Å². The normalized spacial score (nSPS) is 10.8. The second-order valence-electron chi connectivity index (χ2n) is 2.66. The van der Waals surface area contributed by atoms with Crippen LogP contribution in [0.2, 0.25) is 0 Å². The van der Waals surface area contributed by atoms with E-state index in [1.807, 2.05) is 20.8 Å². The zero-order valence-corrected chi connectivity index (χ0v) is 9.88. The Balaban J connectivity index is 3.82. The Labute approximate surface area is 65.9 Å². The summed E-state index contributed by atoms with van der Waals surface area (Å²) >= 11 is 0.326. The molecule has 0 fully saturated rings. The predicted molar refractivity (Wildman–Crippen MR) is 31.3 cm³/mol. The molecule has 0 heterocycles. The summed E-state index contributed by atoms with van der Waals surface area (Å²) in [5, 5.41) is 0. The van der Waals surface area contributed by atoms with Crippen LogP contribution in [0.5, 0.6) is 0 Å². The van der Waals surface area contributed by atoms with Crippen LogP contribution in [0.25, 0.3) is 0 Å². The predicted octanol–water partition coefficient (Wildman–Crippen LogP) is 0.659. The molecule has 0 saturated heterocycles. The fourth-order valence-electron chi connectivity index (χ4n) is 0.177. The molecular weight excluding hydrogens is 296 g/mol. The second-order valence-corrected chi connectivity index (χ2v) is 3.57. The zero-order valence-electron chi connectivity index (χ0n) is 5.39. The topological polar surface area (TPSA) is 26.3 Å². The Morgan fingerprint density at radius 2 is 1.88 bits per heavy atom. The number of carbonyl (C=O) groups is 1. The molecule has 8 heavy (non-hydrogen) atoms. The molecule has 0 N–H and O–H groups in total. The van der Waals surface area contributed by atoms with Crippen LogP contribution >= 0.6 is 0 Å². The van der Waals surface area contributed by atoms with E-state index in [2.05, 4.69) is 2.69 Å². The van der Waals surface area contributed by atoms with Crippen LogP contribution < -0.4 is 0 Å². The molecule has 0 bridgehead atoms. The van der Waals surface area contributed by atoms with Gasteiger partial charge in [0.1, 0.15) is 0 Å². The SMILES string of the molecule is CC(C)(C)C(=O)[O][Tl]. The summed E-state index contributed by atoms with van der Waals surface area (Å²) in [5.74, 6) is -0.0949. The van der Waals surface area contributed by atoms with E-state index in [1.165, 1.54) is 0 Å². The molecular formula is C5H9O2Tl. The third-order valence-electron chi connectivity index (χ3n) is 0.719. The molecule has 0 radical (unpaired) electrons. The molecule has 0 aliphatic carbocycles. The number of hydrogen-bond acceptors (Lipinski definition) is 2. The Bertz CT molecular complexity index is 93.1. The van der Waals surface area contributed by atoms with Crippen LogP contribution in [0, 0.1) is 5.41 Å². The molecule has 0 aromatic heterocycles. The van der Waals surface area contributed by atoms with Gasteiger partial charge in [0, 0.05) is 0 Å². The summed E-state index contributed by atoms with van der Waals surface area (Å²) in [6, 6.07) is 0. The van der Waals surface area contributed by atoms with E-state index in [9.17, 15) is 4.79 Å². The van der Waals surface area contributed by atoms with E-state index in [-0.39, 0.29) is 11.4 Å². The van der Waals surface area contributed by atoms with Crippen LogP contribution in [0.4, 0.5) is 0 Å². The van der Waals surface area contributed by atoms with Gasteiger partial charge >= 0.3 is 65.9 Å². The van der Waals surface area contributed by atoms with Crippen molar-refractivity contribution >= 4 is 32.2 Å². The maximum atomic E-state index is 10.7. The summed E-state index contributed by atoms with van der Waals surface area (Å²) in [6.07, 6.45) is 0. The molecule has 2 nitrogen and oxygen atoms in total. The Kier molecular flexibility index (Phi) is 2.93. The molecule has 0 spiro atoms. The zero-order chi connectivity index (χ0) is 6.78. The number of hydrogen-bond donors (Lipinski definition) is 0. The average molecular weight is 306 g/mol. The summed E-state index contributed by atoms with van der Waals surface area (Å²) < 4.78 is 4.64. The molecule has 0 aromatic carbocycles. The molecule has 0 amide bonds. The third-order valence-corrected chi connectivity index (χ3v) is 1.55. The van der Waals surface area contributed by atoms with E-state index >= 15 is 0 Å². The second kappa shape index (κ2) is 2.80. The van der Waals surface area contributed by atoms with Gasteiger partial charge < -0.3 is 0 Å². The van der Waals surface area contributed by atoms with E-state index < -0.39 is 0 Å². The van der Waals surface area contributed by atoms with Gasteiger partial charge in [0.15, 0.2) is 0 Å². The molecule has 0 aliphatic rings. The summed E-state index contributed by atoms with van der Waals surface area (Å²) in [6.45, 7) is 5.53. The fraction of sp³-hybridized carbons (Fsp3) is 0.800. The van der Waals surface area contributed by atoms with Crippen molar-refractivity contribution in [1.82, 2.24) is 0 Å². The molecule has 0 aliphatic heterocycles. The molecule has 3 heteroatoms. The summed E-state index contributed by atoms with van der Waals surface area (Å²) in [5.41, 5.74) is -0.311. The van der Waals surface area contributed by atoms with Crippen molar-refractivity contribution in [2.24, 2.45) is 5.41 Å². The first-order valence-electron chi connectivity index (χ1n) is 2.39. The number of rotatable bonds is 0. The average Bonchev–Trinajstić information content (AvgIpc) is 1.62. The van der Waals surface area contributed by atoms with Gasteiger partial charge in [-0.05, 0) is 0 Å². The van der Waals surface area contributed by atoms with Crippen molar-refractivity contribution in [2.75, 3.05) is 0 Å². The summed E-state index contributed by atoms with van der Waals surface area (Å²) in [7, 11) is 0. The standard InChI is InChI=1S/C5H10O2.Tl/c1-5(2,3)4(6)7;/h1-3H3,(H,6,7);/q;+1/p-1. The Hall–Kier alpha value is 0.392. The molecule has 0 atom stereocenters. The Morgan fingerprint density at radius 3 is 1.88 bits per heavy atom. The molecule has 0 aromatic rings.